The quantitative estimate of drug-likeness (QED) is 0.752. The summed E-state index contributed by atoms with van der Waals surface area (Å²) < 4.78 is 4.60. The lowest BCUT2D eigenvalue weighted by molar-refractivity contribution is -0.139. The van der Waals surface area contributed by atoms with Crippen molar-refractivity contribution in [1.29, 1.82) is 0 Å². The maximum absolute atomic E-state index is 11.1. The van der Waals surface area contributed by atoms with Gasteiger partial charge >= 0.3 is 5.97 Å². The molecule has 17 heavy (non-hydrogen) atoms. The lowest BCUT2D eigenvalue weighted by atomic mass is 10.1. The first-order chi connectivity index (χ1) is 8.29. The number of carbonyl (C=O) groups is 1. The minimum absolute atomic E-state index is 0.166. The van der Waals surface area contributed by atoms with Crippen LogP contribution in [0, 0.1) is 0 Å². The first-order valence-corrected chi connectivity index (χ1v) is 5.23. The first kappa shape index (κ1) is 11.3. The summed E-state index contributed by atoms with van der Waals surface area (Å²) in [5.74, 6) is -0.303. The molecule has 0 unspecified atom stereocenters. The molecule has 2 rings (SSSR count). The highest BCUT2D eigenvalue weighted by molar-refractivity contribution is 5.72. The minimum Gasteiger partial charge on any atom is -0.469 e. The lowest BCUT2D eigenvalue weighted by Crippen LogP contribution is -2.06. The minimum atomic E-state index is -0.303. The number of esters is 1. The second kappa shape index (κ2) is 5.21. The predicted octanol–water partition coefficient (Wildman–Crippen LogP) is 1.86. The van der Waals surface area contributed by atoms with Gasteiger partial charge in [-0.1, -0.05) is 30.3 Å². The molecule has 1 aromatic carbocycles. The number of carbonyl (C=O) groups excluding carboxylic acids is 1. The van der Waals surface area contributed by atoms with Gasteiger partial charge in [0.1, 0.15) is 6.33 Å². The third-order valence-corrected chi connectivity index (χ3v) is 2.35. The zero-order chi connectivity index (χ0) is 12.1. The molecule has 0 N–H and O–H groups in total. The summed E-state index contributed by atoms with van der Waals surface area (Å²) in [4.78, 5) is 19.4. The summed E-state index contributed by atoms with van der Waals surface area (Å²) in [5, 5.41) is 0. The molecule has 1 aromatic heterocycles. The van der Waals surface area contributed by atoms with Crippen molar-refractivity contribution in [2.24, 2.45) is 0 Å². The van der Waals surface area contributed by atoms with Crippen molar-refractivity contribution >= 4 is 5.97 Å². The average Bonchev–Trinajstić information content (AvgIpc) is 2.40. The smallest absolute Gasteiger partial charge is 0.311 e. The Kier molecular flexibility index (Phi) is 3.45. The Morgan fingerprint density at radius 3 is 2.71 bits per heavy atom. The highest BCUT2D eigenvalue weighted by atomic mass is 16.5. The molecule has 0 bridgehead atoms. The molecule has 0 aliphatic rings. The number of ether oxygens (including phenoxy) is 1. The molecule has 0 atom stereocenters. The van der Waals surface area contributed by atoms with E-state index in [1.165, 1.54) is 13.4 Å². The molecule has 0 saturated heterocycles. The predicted molar refractivity (Wildman–Crippen MR) is 63.2 cm³/mol. The second-order valence-electron chi connectivity index (χ2n) is 3.51. The van der Waals surface area contributed by atoms with Gasteiger partial charge in [0.05, 0.1) is 24.9 Å². The van der Waals surface area contributed by atoms with E-state index in [1.807, 2.05) is 30.3 Å². The van der Waals surface area contributed by atoms with Crippen LogP contribution in [0.4, 0.5) is 0 Å². The molecular weight excluding hydrogens is 216 g/mol. The van der Waals surface area contributed by atoms with E-state index in [2.05, 4.69) is 14.7 Å². The Bertz CT molecular complexity index is 512. The van der Waals surface area contributed by atoms with Gasteiger partial charge in [-0.15, -0.1) is 0 Å². The summed E-state index contributed by atoms with van der Waals surface area (Å²) in [5.41, 5.74) is 2.46. The molecule has 0 amide bonds. The largest absolute Gasteiger partial charge is 0.469 e. The number of benzene rings is 1. The number of hydrogen-bond acceptors (Lipinski definition) is 4. The number of methoxy groups -OCH3 is 1. The van der Waals surface area contributed by atoms with Crippen LogP contribution >= 0.6 is 0 Å². The molecule has 4 nitrogen and oxygen atoms in total. The van der Waals surface area contributed by atoms with E-state index in [4.69, 9.17) is 0 Å². The molecule has 4 heteroatoms. The van der Waals surface area contributed by atoms with Crippen LogP contribution in [0.15, 0.2) is 42.7 Å². The average molecular weight is 228 g/mol. The number of hydrogen-bond donors (Lipinski definition) is 0. The fraction of sp³-hybridized carbons (Fsp3) is 0.154. The Morgan fingerprint density at radius 2 is 2.00 bits per heavy atom. The van der Waals surface area contributed by atoms with Crippen LogP contribution in [0.1, 0.15) is 5.69 Å². The Hall–Kier alpha value is -2.23. The molecule has 1 heterocycles. The summed E-state index contributed by atoms with van der Waals surface area (Å²) in [6.07, 6.45) is 1.62. The SMILES string of the molecule is COC(=O)Cc1cc(-c2ccccc2)ncn1. The molecule has 0 aliphatic carbocycles. The number of rotatable bonds is 3. The van der Waals surface area contributed by atoms with Gasteiger partial charge in [-0.25, -0.2) is 9.97 Å². The van der Waals surface area contributed by atoms with Gasteiger partial charge in [-0.05, 0) is 6.07 Å². The van der Waals surface area contributed by atoms with Gasteiger partial charge in [0.25, 0.3) is 0 Å². The van der Waals surface area contributed by atoms with E-state index in [1.54, 1.807) is 6.07 Å². The van der Waals surface area contributed by atoms with Crippen LogP contribution < -0.4 is 0 Å². The summed E-state index contributed by atoms with van der Waals surface area (Å²) >= 11 is 0. The van der Waals surface area contributed by atoms with Gasteiger partial charge in [-0.3, -0.25) is 4.79 Å². The molecule has 86 valence electrons. The molecule has 0 aliphatic heterocycles. The third-order valence-electron chi connectivity index (χ3n) is 2.35. The van der Waals surface area contributed by atoms with Crippen LogP contribution in [-0.2, 0) is 16.0 Å². The van der Waals surface area contributed by atoms with Gasteiger partial charge in [0.2, 0.25) is 0 Å². The Balaban J connectivity index is 2.26. The number of nitrogens with zero attached hydrogens (tertiary/aromatic N) is 2. The molecule has 0 saturated carbocycles. The molecule has 0 spiro atoms. The van der Waals surface area contributed by atoms with Crippen LogP contribution in [0.5, 0.6) is 0 Å². The van der Waals surface area contributed by atoms with Crippen molar-refractivity contribution in [2.45, 2.75) is 6.42 Å². The van der Waals surface area contributed by atoms with Crippen molar-refractivity contribution in [2.75, 3.05) is 7.11 Å². The van der Waals surface area contributed by atoms with Crippen molar-refractivity contribution in [3.8, 4) is 11.3 Å². The fourth-order valence-electron chi connectivity index (χ4n) is 1.48. The highest BCUT2D eigenvalue weighted by Crippen LogP contribution is 2.16. The maximum Gasteiger partial charge on any atom is 0.311 e. The van der Waals surface area contributed by atoms with Crippen LogP contribution in [0.2, 0.25) is 0 Å². The fourth-order valence-corrected chi connectivity index (χ4v) is 1.48. The van der Waals surface area contributed by atoms with E-state index >= 15 is 0 Å². The Labute approximate surface area is 99.3 Å². The van der Waals surface area contributed by atoms with E-state index in [0.717, 1.165) is 11.3 Å². The highest BCUT2D eigenvalue weighted by Gasteiger charge is 2.06. The third kappa shape index (κ3) is 2.87. The Morgan fingerprint density at radius 1 is 1.24 bits per heavy atom. The van der Waals surface area contributed by atoms with Crippen LogP contribution in [-0.4, -0.2) is 23.0 Å². The first-order valence-electron chi connectivity index (χ1n) is 5.23. The summed E-state index contributed by atoms with van der Waals surface area (Å²) in [6, 6.07) is 11.6. The summed E-state index contributed by atoms with van der Waals surface area (Å²) in [7, 11) is 1.36. The van der Waals surface area contributed by atoms with Crippen molar-refractivity contribution in [1.82, 2.24) is 9.97 Å². The molecule has 0 radical (unpaired) electrons. The van der Waals surface area contributed by atoms with Crippen molar-refractivity contribution in [3.05, 3.63) is 48.4 Å². The monoisotopic (exact) mass is 228 g/mol. The normalized spacial score (nSPS) is 9.94. The number of aromatic nitrogens is 2. The maximum atomic E-state index is 11.1. The van der Waals surface area contributed by atoms with Crippen LogP contribution in [0.25, 0.3) is 11.3 Å². The van der Waals surface area contributed by atoms with E-state index < -0.39 is 0 Å². The molecular formula is C13H12N2O2. The molecule has 0 fully saturated rings. The van der Waals surface area contributed by atoms with E-state index in [-0.39, 0.29) is 12.4 Å². The van der Waals surface area contributed by atoms with Gasteiger partial charge in [0.15, 0.2) is 0 Å². The van der Waals surface area contributed by atoms with Gasteiger partial charge < -0.3 is 4.74 Å². The standard InChI is InChI=1S/C13H12N2O2/c1-17-13(16)8-11-7-12(15-9-14-11)10-5-3-2-4-6-10/h2-7,9H,8H2,1H3. The molecule has 2 aromatic rings. The van der Waals surface area contributed by atoms with Crippen molar-refractivity contribution < 1.29 is 9.53 Å². The van der Waals surface area contributed by atoms with Crippen molar-refractivity contribution in [3.63, 3.8) is 0 Å². The van der Waals surface area contributed by atoms with Crippen LogP contribution in [0.3, 0.4) is 0 Å². The van der Waals surface area contributed by atoms with E-state index in [9.17, 15) is 4.79 Å². The second-order valence-corrected chi connectivity index (χ2v) is 3.51. The summed E-state index contributed by atoms with van der Waals surface area (Å²) in [6.45, 7) is 0. The van der Waals surface area contributed by atoms with Gasteiger partial charge in [-0.2, -0.15) is 0 Å². The zero-order valence-electron chi connectivity index (χ0n) is 9.46. The zero-order valence-corrected chi connectivity index (χ0v) is 9.46. The van der Waals surface area contributed by atoms with E-state index in [0.29, 0.717) is 5.69 Å². The topological polar surface area (TPSA) is 52.1 Å². The van der Waals surface area contributed by atoms with Gasteiger partial charge in [0, 0.05) is 5.56 Å². The lowest BCUT2D eigenvalue weighted by Gasteiger charge is -2.03.